The Balaban J connectivity index is 0.927. The van der Waals surface area contributed by atoms with Crippen LogP contribution in [0.15, 0.2) is 199 Å². The summed E-state index contributed by atoms with van der Waals surface area (Å²) < 4.78 is 19.2. The van der Waals surface area contributed by atoms with Crippen LogP contribution in [-0.2, 0) is 0 Å². The van der Waals surface area contributed by atoms with Gasteiger partial charge in [0.1, 0.15) is 39.3 Å². The third-order valence-corrected chi connectivity index (χ3v) is 11.2. The molecule has 0 saturated heterocycles. The molecule has 3 aromatic heterocycles. The van der Waals surface area contributed by atoms with Crippen LogP contribution < -0.4 is 5.32 Å². The number of nitrogens with zero attached hydrogens (tertiary/aromatic N) is 2. The summed E-state index contributed by atoms with van der Waals surface area (Å²) in [6.07, 6.45) is -0.406. The molecular weight excluding hydrogens is 703 g/mol. The average Bonchev–Trinajstić information content (AvgIpc) is 3.98. The molecule has 6 nitrogen and oxygen atoms in total. The van der Waals surface area contributed by atoms with Gasteiger partial charge in [0.15, 0.2) is 12.0 Å². The van der Waals surface area contributed by atoms with Gasteiger partial charge in [-0.15, -0.1) is 0 Å². The molecule has 1 atom stereocenters. The molecule has 0 bridgehead atoms. The fourth-order valence-electron chi connectivity index (χ4n) is 8.51. The second kappa shape index (κ2) is 12.4. The highest BCUT2D eigenvalue weighted by Crippen LogP contribution is 2.43. The number of amidine groups is 2. The van der Waals surface area contributed by atoms with Crippen molar-refractivity contribution in [2.24, 2.45) is 9.98 Å². The zero-order valence-electron chi connectivity index (χ0n) is 30.4. The van der Waals surface area contributed by atoms with Gasteiger partial charge in [-0.2, -0.15) is 0 Å². The van der Waals surface area contributed by atoms with Crippen molar-refractivity contribution in [3.8, 4) is 22.3 Å². The summed E-state index contributed by atoms with van der Waals surface area (Å²) in [6, 6.07) is 60.3. The normalized spacial score (nSPS) is 14.5. The topological polar surface area (TPSA) is 76.2 Å². The van der Waals surface area contributed by atoms with Gasteiger partial charge in [0.25, 0.3) is 0 Å². The molecule has 1 N–H and O–H groups in total. The Morgan fingerprint density at radius 1 is 0.404 bits per heavy atom. The largest absolute Gasteiger partial charge is 0.456 e. The zero-order chi connectivity index (χ0) is 37.5. The number of aliphatic imine (C=N–C) groups is 2. The average molecular weight is 734 g/mol. The van der Waals surface area contributed by atoms with E-state index in [4.69, 9.17) is 23.2 Å². The van der Waals surface area contributed by atoms with Crippen LogP contribution in [0.4, 0.5) is 0 Å². The molecule has 0 amide bonds. The maximum Gasteiger partial charge on any atom is 0.159 e. The van der Waals surface area contributed by atoms with E-state index >= 15 is 0 Å². The SMILES string of the molecule is c1ccc(C2=NC(c3ccc(-c4ccc5c(c4)oc4cccc(-c6cccc7oc8ccccc8c67)c45)cc3)=NC(c3cccc4c3oc3ccccc34)N2)cc1. The first-order chi connectivity index (χ1) is 28.2. The third-order valence-electron chi connectivity index (χ3n) is 11.2. The number of fused-ring (bicyclic) bond motifs is 9. The first-order valence-electron chi connectivity index (χ1n) is 19.1. The van der Waals surface area contributed by atoms with Crippen LogP contribution in [0.2, 0.25) is 0 Å². The maximum atomic E-state index is 6.56. The molecule has 6 heteroatoms. The Hall–Kier alpha value is -7.70. The first-order valence-corrected chi connectivity index (χ1v) is 19.1. The summed E-state index contributed by atoms with van der Waals surface area (Å²) in [5.41, 5.74) is 12.4. The Kier molecular flexibility index (Phi) is 6.89. The fraction of sp³-hybridized carbons (Fsp3) is 0.0196. The van der Waals surface area contributed by atoms with E-state index in [-0.39, 0.29) is 0 Å². The summed E-state index contributed by atoms with van der Waals surface area (Å²) >= 11 is 0. The van der Waals surface area contributed by atoms with Crippen LogP contribution in [0.25, 0.3) is 88.1 Å². The third kappa shape index (κ3) is 5.04. The van der Waals surface area contributed by atoms with Crippen molar-refractivity contribution in [2.75, 3.05) is 0 Å². The highest BCUT2D eigenvalue weighted by molar-refractivity contribution is 6.20. The predicted octanol–water partition coefficient (Wildman–Crippen LogP) is 13.2. The van der Waals surface area contributed by atoms with Gasteiger partial charge in [-0.1, -0.05) is 140 Å². The Morgan fingerprint density at radius 2 is 0.982 bits per heavy atom. The highest BCUT2D eigenvalue weighted by atomic mass is 16.3. The quantitative estimate of drug-likeness (QED) is 0.191. The molecule has 8 aromatic carbocycles. The van der Waals surface area contributed by atoms with Gasteiger partial charge in [-0.25, -0.2) is 9.98 Å². The minimum absolute atomic E-state index is 0.406. The molecule has 57 heavy (non-hydrogen) atoms. The standard InChI is InChI=1S/C51H31N3O3/c1-2-11-31(12-3-1)49-52-50(54-51(53-49)40-18-8-17-37-34-13-4-6-19-41(34)57-48(37)40)32-25-23-30(24-26-32)33-27-28-39-45(29-33)56-44-22-10-16-36(47(39)44)35-15-9-21-43-46(35)38-14-5-7-20-42(38)55-43/h1-29,51H,(H,52,53,54). The summed E-state index contributed by atoms with van der Waals surface area (Å²) in [4.78, 5) is 10.2. The van der Waals surface area contributed by atoms with Crippen LogP contribution in [0.1, 0.15) is 22.9 Å². The second-order valence-corrected chi connectivity index (χ2v) is 14.5. The number of benzene rings is 8. The van der Waals surface area contributed by atoms with E-state index in [0.29, 0.717) is 5.84 Å². The van der Waals surface area contributed by atoms with Crippen molar-refractivity contribution in [3.05, 3.63) is 193 Å². The first kappa shape index (κ1) is 31.6. The number of para-hydroxylation sites is 3. The number of hydrogen-bond acceptors (Lipinski definition) is 6. The summed E-state index contributed by atoms with van der Waals surface area (Å²) in [6.45, 7) is 0. The van der Waals surface area contributed by atoms with Crippen molar-refractivity contribution in [3.63, 3.8) is 0 Å². The lowest BCUT2D eigenvalue weighted by Crippen LogP contribution is -2.33. The van der Waals surface area contributed by atoms with E-state index in [0.717, 1.165) is 111 Å². The number of nitrogens with one attached hydrogen (secondary N) is 1. The zero-order valence-corrected chi connectivity index (χ0v) is 30.4. The number of hydrogen-bond donors (Lipinski definition) is 1. The Morgan fingerprint density at radius 3 is 1.75 bits per heavy atom. The van der Waals surface area contributed by atoms with E-state index in [1.54, 1.807) is 0 Å². The van der Waals surface area contributed by atoms with Crippen LogP contribution in [0, 0.1) is 0 Å². The summed E-state index contributed by atoms with van der Waals surface area (Å²) in [5, 5.41) is 10.1. The van der Waals surface area contributed by atoms with E-state index in [2.05, 4.69) is 121 Å². The van der Waals surface area contributed by atoms with Crippen LogP contribution in [-0.4, -0.2) is 11.7 Å². The molecule has 4 heterocycles. The highest BCUT2D eigenvalue weighted by Gasteiger charge is 2.25. The molecule has 0 aliphatic carbocycles. The molecule has 11 aromatic rings. The molecule has 0 spiro atoms. The minimum atomic E-state index is -0.406. The van der Waals surface area contributed by atoms with E-state index in [1.807, 2.05) is 60.7 Å². The molecule has 1 unspecified atom stereocenters. The summed E-state index contributed by atoms with van der Waals surface area (Å²) in [5.74, 6) is 1.41. The molecule has 268 valence electrons. The lowest BCUT2D eigenvalue weighted by Gasteiger charge is -2.23. The van der Waals surface area contributed by atoms with Gasteiger partial charge in [0.05, 0.1) is 0 Å². The van der Waals surface area contributed by atoms with Gasteiger partial charge < -0.3 is 18.6 Å². The molecular formula is C51H31N3O3. The van der Waals surface area contributed by atoms with Crippen molar-refractivity contribution in [1.82, 2.24) is 5.32 Å². The lowest BCUT2D eigenvalue weighted by atomic mass is 9.95. The smallest absolute Gasteiger partial charge is 0.159 e. The van der Waals surface area contributed by atoms with Crippen molar-refractivity contribution < 1.29 is 13.3 Å². The van der Waals surface area contributed by atoms with Crippen molar-refractivity contribution >= 4 is 77.5 Å². The molecule has 1 aliphatic heterocycles. The molecule has 0 radical (unpaired) electrons. The number of rotatable bonds is 5. The Labute approximate surface area is 326 Å². The van der Waals surface area contributed by atoms with Gasteiger partial charge in [0, 0.05) is 49.0 Å². The van der Waals surface area contributed by atoms with E-state index < -0.39 is 6.17 Å². The van der Waals surface area contributed by atoms with Crippen molar-refractivity contribution in [1.29, 1.82) is 0 Å². The van der Waals surface area contributed by atoms with Crippen LogP contribution in [0.3, 0.4) is 0 Å². The molecule has 1 aliphatic rings. The minimum Gasteiger partial charge on any atom is -0.456 e. The molecule has 12 rings (SSSR count). The lowest BCUT2D eigenvalue weighted by molar-refractivity contribution is 0.628. The fourth-order valence-corrected chi connectivity index (χ4v) is 8.51. The van der Waals surface area contributed by atoms with Gasteiger partial charge in [0.2, 0.25) is 0 Å². The van der Waals surface area contributed by atoms with Crippen molar-refractivity contribution in [2.45, 2.75) is 6.17 Å². The van der Waals surface area contributed by atoms with Crippen LogP contribution in [0.5, 0.6) is 0 Å². The van der Waals surface area contributed by atoms with Crippen LogP contribution >= 0.6 is 0 Å². The second-order valence-electron chi connectivity index (χ2n) is 14.5. The van der Waals surface area contributed by atoms with E-state index in [1.165, 1.54) is 0 Å². The monoisotopic (exact) mass is 733 g/mol. The Bertz CT molecular complexity index is 3440. The summed E-state index contributed by atoms with van der Waals surface area (Å²) in [7, 11) is 0. The molecule has 0 fully saturated rings. The predicted molar refractivity (Wildman–Crippen MR) is 231 cm³/mol. The van der Waals surface area contributed by atoms with E-state index in [9.17, 15) is 0 Å². The maximum absolute atomic E-state index is 6.56. The van der Waals surface area contributed by atoms with Gasteiger partial charge in [-0.05, 0) is 58.7 Å². The molecule has 0 saturated carbocycles. The number of furan rings is 3. The van der Waals surface area contributed by atoms with Gasteiger partial charge >= 0.3 is 0 Å². The van der Waals surface area contributed by atoms with Gasteiger partial charge in [-0.3, -0.25) is 0 Å².